The van der Waals surface area contributed by atoms with Crippen molar-refractivity contribution in [1.29, 1.82) is 0 Å². The van der Waals surface area contributed by atoms with Crippen molar-refractivity contribution in [1.82, 2.24) is 0 Å². The van der Waals surface area contributed by atoms with Gasteiger partial charge in [0.15, 0.2) is 6.10 Å². The van der Waals surface area contributed by atoms with E-state index in [1.807, 2.05) is 30.3 Å². The largest absolute Gasteiger partial charge is 0.479 e. The number of hydrogen-bond donors (Lipinski definition) is 1. The van der Waals surface area contributed by atoms with E-state index in [0.717, 1.165) is 12.1 Å². The predicted molar refractivity (Wildman–Crippen MR) is 88.7 cm³/mol. The second-order valence-corrected chi connectivity index (χ2v) is 5.43. The Morgan fingerprint density at radius 1 is 1.22 bits per heavy atom. The van der Waals surface area contributed by atoms with E-state index in [4.69, 9.17) is 4.74 Å². The first kappa shape index (κ1) is 15.1. The molecule has 0 aromatic heterocycles. The molecule has 3 rings (SSSR count). The Labute approximate surface area is 134 Å². The summed E-state index contributed by atoms with van der Waals surface area (Å²) in [6.45, 7) is 2.32. The average molecular weight is 310 g/mol. The fourth-order valence-corrected chi connectivity index (χ4v) is 2.68. The maximum absolute atomic E-state index is 12.4. The first-order chi connectivity index (χ1) is 11.2. The molecular formula is C18H18N2O3. The van der Waals surface area contributed by atoms with Crippen LogP contribution in [0.2, 0.25) is 0 Å². The summed E-state index contributed by atoms with van der Waals surface area (Å²) in [6.07, 6.45) is 0.851. The van der Waals surface area contributed by atoms with Crippen LogP contribution in [0.4, 0.5) is 11.4 Å². The number of carbonyl (C=O) groups excluding carboxylic acids is 2. The predicted octanol–water partition coefficient (Wildman–Crippen LogP) is 2.61. The summed E-state index contributed by atoms with van der Waals surface area (Å²) in [7, 11) is 0. The van der Waals surface area contributed by atoms with Gasteiger partial charge in [-0.05, 0) is 31.0 Å². The molecule has 0 saturated heterocycles. The van der Waals surface area contributed by atoms with Crippen LogP contribution < -0.4 is 15.0 Å². The van der Waals surface area contributed by atoms with Crippen LogP contribution in [0.3, 0.4) is 0 Å². The lowest BCUT2D eigenvalue weighted by Gasteiger charge is -2.33. The molecule has 2 amide bonds. The summed E-state index contributed by atoms with van der Waals surface area (Å²) >= 11 is 0. The Balaban J connectivity index is 1.84. The number of amides is 2. The van der Waals surface area contributed by atoms with E-state index < -0.39 is 6.10 Å². The third-order valence-electron chi connectivity index (χ3n) is 3.86. The SMILES string of the molecule is CC1Oc2cc(NC=O)ccc2N(CCc2ccccc2)C1=O. The zero-order chi connectivity index (χ0) is 16.2. The molecule has 5 nitrogen and oxygen atoms in total. The van der Waals surface area contributed by atoms with Gasteiger partial charge < -0.3 is 15.0 Å². The van der Waals surface area contributed by atoms with Crippen LogP contribution in [-0.4, -0.2) is 25.0 Å². The highest BCUT2D eigenvalue weighted by Gasteiger charge is 2.31. The van der Waals surface area contributed by atoms with Gasteiger partial charge in [-0.25, -0.2) is 0 Å². The average Bonchev–Trinajstić information content (AvgIpc) is 2.57. The van der Waals surface area contributed by atoms with Crippen LogP contribution >= 0.6 is 0 Å². The molecule has 1 N–H and O–H groups in total. The second kappa shape index (κ2) is 6.52. The molecule has 0 saturated carbocycles. The smallest absolute Gasteiger partial charge is 0.267 e. The number of hydrogen-bond acceptors (Lipinski definition) is 3. The quantitative estimate of drug-likeness (QED) is 0.864. The lowest BCUT2D eigenvalue weighted by molar-refractivity contribution is -0.125. The number of fused-ring (bicyclic) bond motifs is 1. The molecular weight excluding hydrogens is 292 g/mol. The molecule has 0 aliphatic carbocycles. The van der Waals surface area contributed by atoms with E-state index in [1.165, 1.54) is 5.56 Å². The van der Waals surface area contributed by atoms with E-state index in [1.54, 1.807) is 30.0 Å². The van der Waals surface area contributed by atoms with Gasteiger partial charge in [0, 0.05) is 18.3 Å². The van der Waals surface area contributed by atoms with E-state index in [0.29, 0.717) is 24.4 Å². The number of benzene rings is 2. The molecule has 23 heavy (non-hydrogen) atoms. The number of rotatable bonds is 5. The minimum Gasteiger partial charge on any atom is -0.479 e. The van der Waals surface area contributed by atoms with Crippen LogP contribution in [0.5, 0.6) is 5.75 Å². The van der Waals surface area contributed by atoms with Crippen molar-refractivity contribution in [2.75, 3.05) is 16.8 Å². The number of carbonyl (C=O) groups is 2. The van der Waals surface area contributed by atoms with Gasteiger partial charge in [0.25, 0.3) is 5.91 Å². The topological polar surface area (TPSA) is 58.6 Å². The van der Waals surface area contributed by atoms with Crippen molar-refractivity contribution in [2.24, 2.45) is 0 Å². The Morgan fingerprint density at radius 3 is 2.74 bits per heavy atom. The molecule has 5 heteroatoms. The summed E-state index contributed by atoms with van der Waals surface area (Å²) in [5, 5.41) is 2.59. The van der Waals surface area contributed by atoms with Crippen LogP contribution in [-0.2, 0) is 16.0 Å². The van der Waals surface area contributed by atoms with E-state index in [2.05, 4.69) is 5.32 Å². The zero-order valence-corrected chi connectivity index (χ0v) is 12.9. The van der Waals surface area contributed by atoms with Gasteiger partial charge in [-0.2, -0.15) is 0 Å². The maximum atomic E-state index is 12.4. The monoisotopic (exact) mass is 310 g/mol. The Kier molecular flexibility index (Phi) is 4.28. The van der Waals surface area contributed by atoms with Crippen LogP contribution in [0, 0.1) is 0 Å². The standard InChI is InChI=1S/C18H18N2O3/c1-13-18(22)20(10-9-14-5-3-2-4-6-14)16-8-7-15(19-12-21)11-17(16)23-13/h2-8,11-13H,9-10H2,1H3,(H,19,21). The van der Waals surface area contributed by atoms with E-state index in [-0.39, 0.29) is 5.91 Å². The molecule has 0 fully saturated rings. The van der Waals surface area contributed by atoms with Gasteiger partial charge in [0.05, 0.1) is 5.69 Å². The summed E-state index contributed by atoms with van der Waals surface area (Å²) in [6, 6.07) is 15.4. The van der Waals surface area contributed by atoms with Crippen LogP contribution in [0.25, 0.3) is 0 Å². The van der Waals surface area contributed by atoms with Gasteiger partial charge in [0.1, 0.15) is 5.75 Å². The highest BCUT2D eigenvalue weighted by atomic mass is 16.5. The molecule has 1 aliphatic rings. The third-order valence-corrected chi connectivity index (χ3v) is 3.86. The number of nitrogens with one attached hydrogen (secondary N) is 1. The lowest BCUT2D eigenvalue weighted by Crippen LogP contribution is -2.45. The summed E-state index contributed by atoms with van der Waals surface area (Å²) in [5.41, 5.74) is 2.56. The van der Waals surface area contributed by atoms with Crippen LogP contribution in [0.1, 0.15) is 12.5 Å². The molecule has 2 aromatic rings. The molecule has 1 unspecified atom stereocenters. The first-order valence-corrected chi connectivity index (χ1v) is 7.55. The highest BCUT2D eigenvalue weighted by molar-refractivity contribution is 6.00. The minimum absolute atomic E-state index is 0.0514. The summed E-state index contributed by atoms with van der Waals surface area (Å²) in [4.78, 5) is 24.8. The summed E-state index contributed by atoms with van der Waals surface area (Å²) in [5.74, 6) is 0.557. The van der Waals surface area contributed by atoms with E-state index in [9.17, 15) is 9.59 Å². The number of nitrogens with zero attached hydrogens (tertiary/aromatic N) is 1. The second-order valence-electron chi connectivity index (χ2n) is 5.43. The normalized spacial score (nSPS) is 16.5. The fraction of sp³-hybridized carbons (Fsp3) is 0.222. The van der Waals surface area contributed by atoms with Crippen molar-refractivity contribution >= 4 is 23.7 Å². The molecule has 0 bridgehead atoms. The lowest BCUT2D eigenvalue weighted by atomic mass is 10.1. The third kappa shape index (κ3) is 3.18. The fourth-order valence-electron chi connectivity index (χ4n) is 2.68. The maximum Gasteiger partial charge on any atom is 0.267 e. The van der Waals surface area contributed by atoms with Crippen LogP contribution in [0.15, 0.2) is 48.5 Å². The Hall–Kier alpha value is -2.82. The summed E-state index contributed by atoms with van der Waals surface area (Å²) < 4.78 is 5.67. The molecule has 0 radical (unpaired) electrons. The van der Waals surface area contributed by atoms with Gasteiger partial charge >= 0.3 is 0 Å². The van der Waals surface area contributed by atoms with Crippen molar-refractivity contribution in [2.45, 2.75) is 19.4 Å². The van der Waals surface area contributed by atoms with Crippen molar-refractivity contribution in [3.8, 4) is 5.75 Å². The van der Waals surface area contributed by atoms with Crippen molar-refractivity contribution < 1.29 is 14.3 Å². The van der Waals surface area contributed by atoms with Gasteiger partial charge in [-0.3, -0.25) is 9.59 Å². The zero-order valence-electron chi connectivity index (χ0n) is 12.9. The highest BCUT2D eigenvalue weighted by Crippen LogP contribution is 2.36. The number of anilines is 2. The molecule has 118 valence electrons. The Bertz CT molecular complexity index is 715. The number of ether oxygens (including phenoxy) is 1. The molecule has 1 atom stereocenters. The first-order valence-electron chi connectivity index (χ1n) is 7.55. The van der Waals surface area contributed by atoms with Crippen molar-refractivity contribution in [3.05, 3.63) is 54.1 Å². The molecule has 1 heterocycles. The van der Waals surface area contributed by atoms with Gasteiger partial charge in [-0.15, -0.1) is 0 Å². The molecule has 2 aromatic carbocycles. The van der Waals surface area contributed by atoms with Crippen molar-refractivity contribution in [3.63, 3.8) is 0 Å². The van der Waals surface area contributed by atoms with E-state index >= 15 is 0 Å². The Morgan fingerprint density at radius 2 is 2.00 bits per heavy atom. The van der Waals surface area contributed by atoms with Gasteiger partial charge in [0.2, 0.25) is 6.41 Å². The molecule has 0 spiro atoms. The molecule has 1 aliphatic heterocycles. The van der Waals surface area contributed by atoms with Gasteiger partial charge in [-0.1, -0.05) is 30.3 Å². The minimum atomic E-state index is -0.537.